The van der Waals surface area contributed by atoms with Crippen molar-refractivity contribution in [2.75, 3.05) is 0 Å². The second-order valence-corrected chi connectivity index (χ2v) is 17.2. The summed E-state index contributed by atoms with van der Waals surface area (Å²) in [6, 6.07) is 79.5. The van der Waals surface area contributed by atoms with Gasteiger partial charge in [0.25, 0.3) is 0 Å². The molecular formula is C66H44O4. The van der Waals surface area contributed by atoms with Gasteiger partial charge in [-0.3, -0.25) is 19.2 Å². The van der Waals surface area contributed by atoms with E-state index in [0.29, 0.717) is 39.0 Å². The van der Waals surface area contributed by atoms with Crippen molar-refractivity contribution < 1.29 is 19.2 Å². The standard InChI is InChI=1S/C66H44O4/c1-44(57-38-59(63(67)53-30-22-49(23-31-53)45-14-6-2-7-15-45)42-60(39-57)64(68)54-32-24-50(25-33-54)46-16-8-3-9-17-46)58-40-61(65(69)55-34-26-51(27-35-55)47-18-10-4-11-19-47)43-62(41-58)66(70)56-36-28-52(29-37-56)48-20-12-5-13-21-48/h2-43H,1H2. The first-order valence-corrected chi connectivity index (χ1v) is 23.1. The minimum atomic E-state index is -0.277. The lowest BCUT2D eigenvalue weighted by atomic mass is 9.88. The fraction of sp³-hybridized carbons (Fsp3) is 0. The molecule has 0 spiro atoms. The topological polar surface area (TPSA) is 68.3 Å². The fourth-order valence-electron chi connectivity index (χ4n) is 8.74. The number of carbonyl (C=O) groups is 4. The van der Waals surface area contributed by atoms with Crippen LogP contribution in [-0.4, -0.2) is 23.1 Å². The molecule has 0 atom stereocenters. The third-order valence-electron chi connectivity index (χ3n) is 12.6. The molecule has 10 rings (SSSR count). The van der Waals surface area contributed by atoms with Crippen LogP contribution in [0.15, 0.2) is 261 Å². The second-order valence-electron chi connectivity index (χ2n) is 17.2. The van der Waals surface area contributed by atoms with Gasteiger partial charge in [-0.25, -0.2) is 0 Å². The summed E-state index contributed by atoms with van der Waals surface area (Å²) in [5.74, 6) is -1.11. The van der Waals surface area contributed by atoms with Crippen LogP contribution in [0.5, 0.6) is 0 Å². The van der Waals surface area contributed by atoms with Crippen molar-refractivity contribution in [3.63, 3.8) is 0 Å². The molecule has 10 aromatic rings. The Bertz CT molecular complexity index is 3080. The molecule has 4 heteroatoms. The van der Waals surface area contributed by atoms with Gasteiger partial charge in [-0.1, -0.05) is 225 Å². The quantitative estimate of drug-likeness (QED) is 0.102. The average molecular weight is 901 g/mol. The van der Waals surface area contributed by atoms with Gasteiger partial charge in [-0.2, -0.15) is 0 Å². The highest BCUT2D eigenvalue weighted by atomic mass is 16.1. The van der Waals surface area contributed by atoms with E-state index in [-0.39, 0.29) is 45.4 Å². The van der Waals surface area contributed by atoms with Gasteiger partial charge >= 0.3 is 0 Å². The maximum Gasteiger partial charge on any atom is 0.193 e. The molecule has 0 heterocycles. The molecule has 0 unspecified atom stereocenters. The zero-order valence-corrected chi connectivity index (χ0v) is 38.1. The predicted molar refractivity (Wildman–Crippen MR) is 282 cm³/mol. The van der Waals surface area contributed by atoms with Crippen molar-refractivity contribution in [1.29, 1.82) is 0 Å². The first kappa shape index (κ1) is 44.5. The van der Waals surface area contributed by atoms with Crippen molar-refractivity contribution in [1.82, 2.24) is 0 Å². The van der Waals surface area contributed by atoms with Crippen LogP contribution in [0.25, 0.3) is 50.1 Å². The van der Waals surface area contributed by atoms with Gasteiger partial charge in [0.05, 0.1) is 0 Å². The Morgan fingerprint density at radius 1 is 0.200 bits per heavy atom. The van der Waals surface area contributed by atoms with E-state index in [2.05, 4.69) is 6.58 Å². The summed E-state index contributed by atoms with van der Waals surface area (Å²) in [4.78, 5) is 58.1. The molecule has 0 radical (unpaired) electrons. The number of carbonyl (C=O) groups excluding carboxylic acids is 4. The highest BCUT2D eigenvalue weighted by molar-refractivity contribution is 6.16. The van der Waals surface area contributed by atoms with Gasteiger partial charge in [0.15, 0.2) is 23.1 Å². The Morgan fingerprint density at radius 3 is 0.571 bits per heavy atom. The first-order valence-electron chi connectivity index (χ1n) is 23.1. The summed E-state index contributed by atoms with van der Waals surface area (Å²) in [6.07, 6.45) is 0. The van der Waals surface area contributed by atoms with E-state index in [1.165, 1.54) is 0 Å². The average Bonchev–Trinajstić information content (AvgIpc) is 3.45. The molecule has 10 aromatic carbocycles. The maximum atomic E-state index is 14.5. The Morgan fingerprint density at radius 2 is 0.371 bits per heavy atom. The predicted octanol–water partition coefficient (Wildman–Crippen LogP) is 15.3. The molecule has 0 saturated carbocycles. The number of rotatable bonds is 14. The summed E-state index contributed by atoms with van der Waals surface area (Å²) >= 11 is 0. The number of ketones is 4. The second kappa shape index (κ2) is 19.8. The van der Waals surface area contributed by atoms with E-state index < -0.39 is 0 Å². The molecule has 0 fully saturated rings. The van der Waals surface area contributed by atoms with E-state index in [1.54, 1.807) is 84.9 Å². The summed E-state index contributed by atoms with van der Waals surface area (Å²) < 4.78 is 0. The van der Waals surface area contributed by atoms with Gasteiger partial charge in [-0.15, -0.1) is 0 Å². The fourth-order valence-corrected chi connectivity index (χ4v) is 8.74. The Balaban J connectivity index is 1.05. The van der Waals surface area contributed by atoms with Crippen molar-refractivity contribution in [2.45, 2.75) is 0 Å². The molecule has 0 saturated heterocycles. The van der Waals surface area contributed by atoms with Crippen LogP contribution in [0.4, 0.5) is 0 Å². The molecule has 70 heavy (non-hydrogen) atoms. The third-order valence-corrected chi connectivity index (χ3v) is 12.6. The zero-order valence-electron chi connectivity index (χ0n) is 38.1. The van der Waals surface area contributed by atoms with Gasteiger partial charge in [0.1, 0.15) is 0 Å². The van der Waals surface area contributed by atoms with Crippen LogP contribution in [0, 0.1) is 0 Å². The zero-order chi connectivity index (χ0) is 48.0. The van der Waals surface area contributed by atoms with E-state index in [4.69, 9.17) is 0 Å². The summed E-state index contributed by atoms with van der Waals surface area (Å²) in [5.41, 5.74) is 12.3. The van der Waals surface area contributed by atoms with Gasteiger partial charge in [0.2, 0.25) is 0 Å². The van der Waals surface area contributed by atoms with Gasteiger partial charge < -0.3 is 0 Å². The van der Waals surface area contributed by atoms with Crippen molar-refractivity contribution >= 4 is 28.7 Å². The Labute approximate surface area is 407 Å². The first-order chi connectivity index (χ1) is 34.3. The Hall–Kier alpha value is -9.38. The molecule has 0 bridgehead atoms. The summed E-state index contributed by atoms with van der Waals surface area (Å²) in [7, 11) is 0. The lowest BCUT2D eigenvalue weighted by molar-refractivity contribution is 0.102. The molecule has 0 aliphatic carbocycles. The minimum absolute atomic E-state index is 0.277. The molecular weight excluding hydrogens is 857 g/mol. The van der Waals surface area contributed by atoms with Crippen LogP contribution >= 0.6 is 0 Å². The van der Waals surface area contributed by atoms with Crippen molar-refractivity contribution in [3.8, 4) is 44.5 Å². The molecule has 0 N–H and O–H groups in total. The maximum absolute atomic E-state index is 14.5. The van der Waals surface area contributed by atoms with Crippen LogP contribution in [0.1, 0.15) is 74.8 Å². The van der Waals surface area contributed by atoms with Crippen LogP contribution < -0.4 is 0 Å². The third kappa shape index (κ3) is 9.57. The lowest BCUT2D eigenvalue weighted by Crippen LogP contribution is -2.09. The van der Waals surface area contributed by atoms with E-state index in [9.17, 15) is 19.2 Å². The summed E-state index contributed by atoms with van der Waals surface area (Å²) in [6.45, 7) is 4.52. The van der Waals surface area contributed by atoms with Crippen LogP contribution in [-0.2, 0) is 0 Å². The van der Waals surface area contributed by atoms with Crippen LogP contribution in [0.3, 0.4) is 0 Å². The summed E-state index contributed by atoms with van der Waals surface area (Å²) in [5, 5.41) is 0. The smallest absolute Gasteiger partial charge is 0.193 e. The molecule has 4 nitrogen and oxygen atoms in total. The van der Waals surface area contributed by atoms with Gasteiger partial charge in [0, 0.05) is 44.5 Å². The van der Waals surface area contributed by atoms with E-state index in [1.807, 2.05) is 170 Å². The van der Waals surface area contributed by atoms with Crippen molar-refractivity contribution in [3.05, 3.63) is 317 Å². The van der Waals surface area contributed by atoms with E-state index in [0.717, 1.165) is 44.5 Å². The van der Waals surface area contributed by atoms with Crippen molar-refractivity contribution in [2.24, 2.45) is 0 Å². The number of hydrogen-bond acceptors (Lipinski definition) is 4. The molecule has 0 aliphatic heterocycles. The normalized spacial score (nSPS) is 10.9. The minimum Gasteiger partial charge on any atom is -0.289 e. The van der Waals surface area contributed by atoms with Gasteiger partial charge in [-0.05, 0) is 97.6 Å². The Kier molecular flexibility index (Phi) is 12.6. The monoisotopic (exact) mass is 900 g/mol. The number of benzene rings is 10. The lowest BCUT2D eigenvalue weighted by Gasteiger charge is -2.15. The molecule has 332 valence electrons. The molecule has 0 amide bonds. The largest absolute Gasteiger partial charge is 0.289 e. The highest BCUT2D eigenvalue weighted by Gasteiger charge is 2.22. The molecule has 0 aliphatic rings. The highest BCUT2D eigenvalue weighted by Crippen LogP contribution is 2.32. The SMILES string of the molecule is C=C(c1cc(C(=O)c2ccc(-c3ccccc3)cc2)cc(C(=O)c2ccc(-c3ccccc3)cc2)c1)c1cc(C(=O)c2ccc(-c3ccccc3)cc2)cc(C(=O)c2ccc(-c3ccccc3)cc2)c1. The van der Waals surface area contributed by atoms with Crippen LogP contribution in [0.2, 0.25) is 0 Å². The molecule has 0 aromatic heterocycles. The van der Waals surface area contributed by atoms with E-state index >= 15 is 0 Å². The number of hydrogen-bond donors (Lipinski definition) is 0.